The highest BCUT2D eigenvalue weighted by atomic mass is 35.5. The molecule has 0 aliphatic rings. The zero-order chi connectivity index (χ0) is 10.1. The molecule has 0 bridgehead atoms. The Morgan fingerprint density at radius 2 is 2.14 bits per heavy atom. The van der Waals surface area contributed by atoms with Crippen LogP contribution in [0.5, 0.6) is 0 Å². The Labute approximate surface area is 84.2 Å². The van der Waals surface area contributed by atoms with Crippen molar-refractivity contribution in [2.45, 2.75) is 0 Å². The van der Waals surface area contributed by atoms with Crippen molar-refractivity contribution in [3.63, 3.8) is 0 Å². The van der Waals surface area contributed by atoms with Crippen molar-refractivity contribution in [3.05, 3.63) is 35.2 Å². The van der Waals surface area contributed by atoms with Gasteiger partial charge in [0.1, 0.15) is 6.33 Å². The molecule has 70 valence electrons. The van der Waals surface area contributed by atoms with E-state index < -0.39 is 5.97 Å². The minimum atomic E-state index is -1.08. The Bertz CT molecular complexity index is 513. The molecule has 4 nitrogen and oxygen atoms in total. The molecule has 1 heterocycles. The number of aromatic nitrogens is 2. The molecule has 2 aromatic rings. The second kappa shape index (κ2) is 3.23. The van der Waals surface area contributed by atoms with Gasteiger partial charge in [0, 0.05) is 10.4 Å². The predicted octanol–water partition coefficient (Wildman–Crippen LogP) is 1.98. The monoisotopic (exact) mass is 208 g/mol. The van der Waals surface area contributed by atoms with E-state index in [1.807, 2.05) is 0 Å². The van der Waals surface area contributed by atoms with Crippen molar-refractivity contribution in [2.75, 3.05) is 0 Å². The second-order valence-electron chi connectivity index (χ2n) is 2.69. The maximum absolute atomic E-state index is 10.8. The Kier molecular flexibility index (Phi) is 2.05. The highest BCUT2D eigenvalue weighted by Crippen LogP contribution is 2.19. The summed E-state index contributed by atoms with van der Waals surface area (Å²) in [6, 6.07) is 4.86. The smallest absolute Gasteiger partial charge is 0.355 e. The van der Waals surface area contributed by atoms with Crippen molar-refractivity contribution in [1.82, 2.24) is 9.97 Å². The van der Waals surface area contributed by atoms with Crippen molar-refractivity contribution in [3.8, 4) is 0 Å². The summed E-state index contributed by atoms with van der Waals surface area (Å²) in [6.45, 7) is 0. The molecule has 0 unspecified atom stereocenters. The standard InChI is InChI=1S/C9H5ClN2O2/c10-5-1-2-7-6(3-5)8(9(13)14)12-4-11-7/h1-4H,(H,13,14). The first-order chi connectivity index (χ1) is 6.68. The fourth-order valence-corrected chi connectivity index (χ4v) is 1.37. The fourth-order valence-electron chi connectivity index (χ4n) is 1.20. The summed E-state index contributed by atoms with van der Waals surface area (Å²) < 4.78 is 0. The first-order valence-electron chi connectivity index (χ1n) is 3.82. The van der Waals surface area contributed by atoms with Crippen LogP contribution in [0.2, 0.25) is 5.02 Å². The van der Waals surface area contributed by atoms with E-state index in [2.05, 4.69) is 9.97 Å². The molecule has 0 spiro atoms. The Morgan fingerprint density at radius 3 is 2.86 bits per heavy atom. The number of benzene rings is 1. The highest BCUT2D eigenvalue weighted by Gasteiger charge is 2.10. The number of nitrogens with zero attached hydrogens (tertiary/aromatic N) is 2. The number of hydrogen-bond acceptors (Lipinski definition) is 3. The van der Waals surface area contributed by atoms with Crippen LogP contribution in [0.4, 0.5) is 0 Å². The summed E-state index contributed by atoms with van der Waals surface area (Å²) in [5.74, 6) is -1.08. The molecule has 0 aliphatic heterocycles. The lowest BCUT2D eigenvalue weighted by Crippen LogP contribution is -2.01. The SMILES string of the molecule is O=C(O)c1ncnc2ccc(Cl)cc12. The topological polar surface area (TPSA) is 63.1 Å². The molecule has 1 aromatic heterocycles. The Hall–Kier alpha value is -1.68. The van der Waals surface area contributed by atoms with Gasteiger partial charge in [-0.1, -0.05) is 11.6 Å². The van der Waals surface area contributed by atoms with Crippen LogP contribution in [0.25, 0.3) is 10.9 Å². The van der Waals surface area contributed by atoms with Crippen LogP contribution in [0.3, 0.4) is 0 Å². The molecule has 0 aliphatic carbocycles. The van der Waals surface area contributed by atoms with Crippen LogP contribution in [-0.4, -0.2) is 21.0 Å². The van der Waals surface area contributed by atoms with E-state index in [0.717, 1.165) is 0 Å². The summed E-state index contributed by atoms with van der Waals surface area (Å²) in [5.41, 5.74) is 0.541. The molecule has 0 atom stereocenters. The van der Waals surface area contributed by atoms with Gasteiger partial charge in [-0.15, -0.1) is 0 Å². The molecular formula is C9H5ClN2O2. The molecule has 5 heteroatoms. The summed E-state index contributed by atoms with van der Waals surface area (Å²) >= 11 is 5.75. The molecule has 0 radical (unpaired) electrons. The van der Waals surface area contributed by atoms with E-state index in [4.69, 9.17) is 16.7 Å². The lowest BCUT2D eigenvalue weighted by atomic mass is 10.2. The summed E-state index contributed by atoms with van der Waals surface area (Å²) in [4.78, 5) is 18.4. The molecule has 1 aromatic carbocycles. The van der Waals surface area contributed by atoms with Gasteiger partial charge in [-0.05, 0) is 18.2 Å². The van der Waals surface area contributed by atoms with Gasteiger partial charge in [-0.3, -0.25) is 0 Å². The number of rotatable bonds is 1. The minimum Gasteiger partial charge on any atom is -0.476 e. The molecule has 0 fully saturated rings. The van der Waals surface area contributed by atoms with Crippen molar-refractivity contribution in [2.24, 2.45) is 0 Å². The van der Waals surface area contributed by atoms with E-state index in [-0.39, 0.29) is 5.69 Å². The van der Waals surface area contributed by atoms with E-state index in [0.29, 0.717) is 15.9 Å². The fraction of sp³-hybridized carbons (Fsp3) is 0. The van der Waals surface area contributed by atoms with Gasteiger partial charge in [0.15, 0.2) is 5.69 Å². The van der Waals surface area contributed by atoms with Gasteiger partial charge in [0.2, 0.25) is 0 Å². The zero-order valence-electron chi connectivity index (χ0n) is 6.94. The highest BCUT2D eigenvalue weighted by molar-refractivity contribution is 6.31. The van der Waals surface area contributed by atoms with Crippen LogP contribution < -0.4 is 0 Å². The summed E-state index contributed by atoms with van der Waals surface area (Å²) in [6.07, 6.45) is 1.22. The molecule has 14 heavy (non-hydrogen) atoms. The van der Waals surface area contributed by atoms with Gasteiger partial charge in [0.05, 0.1) is 5.52 Å². The van der Waals surface area contributed by atoms with E-state index in [1.165, 1.54) is 6.33 Å². The third kappa shape index (κ3) is 1.40. The molecule has 0 saturated heterocycles. The van der Waals surface area contributed by atoms with Crippen LogP contribution in [0, 0.1) is 0 Å². The first-order valence-corrected chi connectivity index (χ1v) is 4.20. The third-order valence-electron chi connectivity index (χ3n) is 1.80. The average molecular weight is 209 g/mol. The van der Waals surface area contributed by atoms with Gasteiger partial charge in [-0.25, -0.2) is 14.8 Å². The molecular weight excluding hydrogens is 204 g/mol. The number of aromatic carboxylic acids is 1. The first kappa shape index (κ1) is 8.90. The van der Waals surface area contributed by atoms with Crippen molar-refractivity contribution >= 4 is 28.5 Å². The van der Waals surface area contributed by atoms with Gasteiger partial charge in [0.25, 0.3) is 0 Å². The maximum Gasteiger partial charge on any atom is 0.355 e. The third-order valence-corrected chi connectivity index (χ3v) is 2.04. The Balaban J connectivity index is 2.84. The van der Waals surface area contributed by atoms with E-state index >= 15 is 0 Å². The number of carboxylic acids is 1. The van der Waals surface area contributed by atoms with Gasteiger partial charge in [-0.2, -0.15) is 0 Å². The summed E-state index contributed by atoms with van der Waals surface area (Å²) in [7, 11) is 0. The summed E-state index contributed by atoms with van der Waals surface area (Å²) in [5, 5.41) is 9.76. The van der Waals surface area contributed by atoms with Crippen LogP contribution in [-0.2, 0) is 0 Å². The molecule has 2 rings (SSSR count). The van der Waals surface area contributed by atoms with Crippen molar-refractivity contribution in [1.29, 1.82) is 0 Å². The molecule has 0 amide bonds. The number of hydrogen-bond donors (Lipinski definition) is 1. The Morgan fingerprint density at radius 1 is 1.36 bits per heavy atom. The average Bonchev–Trinajstić information content (AvgIpc) is 2.16. The number of fused-ring (bicyclic) bond motifs is 1. The van der Waals surface area contributed by atoms with Crippen LogP contribution in [0.15, 0.2) is 24.5 Å². The quantitative estimate of drug-likeness (QED) is 0.779. The van der Waals surface area contributed by atoms with Crippen LogP contribution >= 0.6 is 11.6 Å². The largest absolute Gasteiger partial charge is 0.476 e. The number of carboxylic acid groups (broad SMARTS) is 1. The second-order valence-corrected chi connectivity index (χ2v) is 3.13. The predicted molar refractivity (Wildman–Crippen MR) is 51.5 cm³/mol. The molecule has 1 N–H and O–H groups in total. The normalized spacial score (nSPS) is 10.4. The van der Waals surface area contributed by atoms with Crippen LogP contribution in [0.1, 0.15) is 10.5 Å². The lowest BCUT2D eigenvalue weighted by molar-refractivity contribution is 0.0692. The van der Waals surface area contributed by atoms with E-state index in [1.54, 1.807) is 18.2 Å². The minimum absolute atomic E-state index is 0.0301. The van der Waals surface area contributed by atoms with Gasteiger partial charge >= 0.3 is 5.97 Å². The maximum atomic E-state index is 10.8. The van der Waals surface area contributed by atoms with Gasteiger partial charge < -0.3 is 5.11 Å². The number of halogens is 1. The van der Waals surface area contributed by atoms with Crippen molar-refractivity contribution < 1.29 is 9.90 Å². The van der Waals surface area contributed by atoms with E-state index in [9.17, 15) is 4.79 Å². The molecule has 0 saturated carbocycles. The zero-order valence-corrected chi connectivity index (χ0v) is 7.69. The number of carbonyl (C=O) groups is 1. The lowest BCUT2D eigenvalue weighted by Gasteiger charge is -2.00.